The van der Waals surface area contributed by atoms with Crippen LogP contribution in [-0.2, 0) is 6.42 Å². The van der Waals surface area contributed by atoms with Gasteiger partial charge in [-0.05, 0) is 18.1 Å². The first kappa shape index (κ1) is 13.4. The second kappa shape index (κ2) is 6.27. The summed E-state index contributed by atoms with van der Waals surface area (Å²) in [5, 5.41) is 17.4. The van der Waals surface area contributed by atoms with Crippen LogP contribution in [0.3, 0.4) is 0 Å². The third-order valence-corrected chi connectivity index (χ3v) is 4.16. The average Bonchev–Trinajstić information content (AvgIpc) is 2.50. The Morgan fingerprint density at radius 3 is 2.35 bits per heavy atom. The van der Waals surface area contributed by atoms with Crippen molar-refractivity contribution in [3.8, 4) is 11.4 Å². The Labute approximate surface area is 123 Å². The maximum absolute atomic E-state index is 6.12. The normalized spacial score (nSPS) is 16.2. The van der Waals surface area contributed by atoms with Gasteiger partial charge >= 0.3 is 0 Å². The lowest BCUT2D eigenvalue weighted by atomic mass is 9.87. The minimum Gasteiger partial charge on any atom is -0.131 e. The van der Waals surface area contributed by atoms with E-state index in [1.54, 1.807) is 0 Å². The van der Waals surface area contributed by atoms with Gasteiger partial charge in [0.25, 0.3) is 0 Å². The second-order valence-corrected chi connectivity index (χ2v) is 5.74. The van der Waals surface area contributed by atoms with Crippen LogP contribution in [0, 0.1) is 5.92 Å². The van der Waals surface area contributed by atoms with Gasteiger partial charge in [-0.25, -0.2) is 0 Å². The lowest BCUT2D eigenvalue weighted by molar-refractivity contribution is 0.349. The summed E-state index contributed by atoms with van der Waals surface area (Å²) in [5.74, 6) is 1.93. The number of nitrogens with zero attached hydrogens (tertiary/aromatic N) is 4. The quantitative estimate of drug-likeness (QED) is 0.864. The van der Waals surface area contributed by atoms with Crippen LogP contribution in [0.1, 0.15) is 37.9 Å². The number of rotatable bonds is 3. The van der Waals surface area contributed by atoms with Gasteiger partial charge in [0.15, 0.2) is 5.82 Å². The molecule has 20 heavy (non-hydrogen) atoms. The largest absolute Gasteiger partial charge is 0.205 e. The summed E-state index contributed by atoms with van der Waals surface area (Å²) in [7, 11) is 0. The van der Waals surface area contributed by atoms with Crippen molar-refractivity contribution >= 4 is 11.6 Å². The van der Waals surface area contributed by atoms with E-state index in [1.165, 1.54) is 32.1 Å². The van der Waals surface area contributed by atoms with Crippen LogP contribution in [0.25, 0.3) is 11.4 Å². The van der Waals surface area contributed by atoms with E-state index in [9.17, 15) is 0 Å². The van der Waals surface area contributed by atoms with Crippen LogP contribution < -0.4 is 0 Å². The molecule has 1 saturated carbocycles. The van der Waals surface area contributed by atoms with E-state index in [1.807, 2.05) is 24.3 Å². The van der Waals surface area contributed by atoms with E-state index in [0.717, 1.165) is 17.8 Å². The average molecular weight is 289 g/mol. The fraction of sp³-hybridized carbons (Fsp3) is 0.467. The molecule has 1 aromatic heterocycles. The molecule has 0 N–H and O–H groups in total. The first-order valence-corrected chi connectivity index (χ1v) is 7.52. The maximum Gasteiger partial charge on any atom is 0.205 e. The molecule has 0 saturated heterocycles. The lowest BCUT2D eigenvalue weighted by Crippen LogP contribution is -2.13. The Kier molecular flexibility index (Phi) is 4.21. The monoisotopic (exact) mass is 288 g/mol. The Hall–Kier alpha value is -1.55. The molecule has 0 unspecified atom stereocenters. The molecular formula is C15H17ClN4. The van der Waals surface area contributed by atoms with Gasteiger partial charge in [-0.2, -0.15) is 0 Å². The molecule has 104 valence electrons. The van der Waals surface area contributed by atoms with Crippen LogP contribution in [0.4, 0.5) is 0 Å². The third kappa shape index (κ3) is 3.12. The minimum absolute atomic E-state index is 0.489. The summed E-state index contributed by atoms with van der Waals surface area (Å²) < 4.78 is 0. The molecule has 0 bridgehead atoms. The summed E-state index contributed by atoms with van der Waals surface area (Å²) in [6.07, 6.45) is 7.44. The Morgan fingerprint density at radius 1 is 0.950 bits per heavy atom. The van der Waals surface area contributed by atoms with Gasteiger partial charge in [-0.1, -0.05) is 55.8 Å². The SMILES string of the molecule is Clc1ccccc1-c1nnc(CC2CCCCC2)nn1. The molecule has 1 aliphatic carbocycles. The van der Waals surface area contributed by atoms with Gasteiger partial charge in [0.2, 0.25) is 5.82 Å². The molecule has 1 heterocycles. The first-order chi connectivity index (χ1) is 9.83. The smallest absolute Gasteiger partial charge is 0.131 e. The fourth-order valence-corrected chi connectivity index (χ4v) is 2.95. The van der Waals surface area contributed by atoms with Crippen LogP contribution in [-0.4, -0.2) is 20.4 Å². The van der Waals surface area contributed by atoms with Crippen LogP contribution in [0.15, 0.2) is 24.3 Å². The molecule has 4 nitrogen and oxygen atoms in total. The zero-order valence-corrected chi connectivity index (χ0v) is 12.1. The molecule has 5 heteroatoms. The summed E-state index contributed by atoms with van der Waals surface area (Å²) in [6, 6.07) is 7.47. The van der Waals surface area contributed by atoms with Crippen molar-refractivity contribution in [2.75, 3.05) is 0 Å². The van der Waals surface area contributed by atoms with Crippen LogP contribution >= 0.6 is 11.6 Å². The zero-order chi connectivity index (χ0) is 13.8. The number of halogens is 1. The number of aromatic nitrogens is 4. The third-order valence-electron chi connectivity index (χ3n) is 3.83. The van der Waals surface area contributed by atoms with E-state index in [2.05, 4.69) is 20.4 Å². The van der Waals surface area contributed by atoms with Gasteiger partial charge in [0.05, 0.1) is 5.02 Å². The highest BCUT2D eigenvalue weighted by Crippen LogP contribution is 2.26. The van der Waals surface area contributed by atoms with Crippen molar-refractivity contribution in [1.29, 1.82) is 0 Å². The first-order valence-electron chi connectivity index (χ1n) is 7.14. The molecule has 0 radical (unpaired) electrons. The van der Waals surface area contributed by atoms with E-state index < -0.39 is 0 Å². The number of hydrogen-bond donors (Lipinski definition) is 0. The fourth-order valence-electron chi connectivity index (χ4n) is 2.73. The Morgan fingerprint density at radius 2 is 1.65 bits per heavy atom. The second-order valence-electron chi connectivity index (χ2n) is 5.33. The predicted molar refractivity (Wildman–Crippen MR) is 78.3 cm³/mol. The number of hydrogen-bond acceptors (Lipinski definition) is 4. The van der Waals surface area contributed by atoms with Gasteiger partial charge in [-0.15, -0.1) is 20.4 Å². The van der Waals surface area contributed by atoms with Gasteiger partial charge in [-0.3, -0.25) is 0 Å². The molecular weight excluding hydrogens is 272 g/mol. The van der Waals surface area contributed by atoms with Crippen molar-refractivity contribution in [2.45, 2.75) is 38.5 Å². The van der Waals surface area contributed by atoms with Crippen molar-refractivity contribution in [3.05, 3.63) is 35.1 Å². The predicted octanol–water partition coefficient (Wildman–Crippen LogP) is 3.71. The topological polar surface area (TPSA) is 51.6 Å². The summed E-state index contributed by atoms with van der Waals surface area (Å²) in [6.45, 7) is 0. The molecule has 2 aromatic rings. The van der Waals surface area contributed by atoms with Crippen molar-refractivity contribution < 1.29 is 0 Å². The van der Waals surface area contributed by atoms with Gasteiger partial charge in [0, 0.05) is 12.0 Å². The molecule has 0 atom stereocenters. The van der Waals surface area contributed by atoms with Crippen molar-refractivity contribution in [2.24, 2.45) is 5.92 Å². The standard InChI is InChI=1S/C15H17ClN4/c16-13-9-5-4-8-12(13)15-19-17-14(18-20-15)10-11-6-2-1-3-7-11/h4-5,8-9,11H,1-3,6-7,10H2. The molecule has 0 amide bonds. The van der Waals surface area contributed by atoms with Crippen molar-refractivity contribution in [1.82, 2.24) is 20.4 Å². The highest BCUT2D eigenvalue weighted by Gasteiger charge is 2.16. The van der Waals surface area contributed by atoms with E-state index in [0.29, 0.717) is 16.8 Å². The molecule has 1 aliphatic rings. The molecule has 0 aliphatic heterocycles. The number of benzene rings is 1. The summed E-state index contributed by atoms with van der Waals surface area (Å²) >= 11 is 6.12. The zero-order valence-electron chi connectivity index (χ0n) is 11.3. The molecule has 3 rings (SSSR count). The van der Waals surface area contributed by atoms with Crippen molar-refractivity contribution in [3.63, 3.8) is 0 Å². The Balaban J connectivity index is 1.73. The van der Waals surface area contributed by atoms with Gasteiger partial charge < -0.3 is 0 Å². The highest BCUT2D eigenvalue weighted by atomic mass is 35.5. The Bertz CT molecular complexity index is 564. The van der Waals surface area contributed by atoms with E-state index in [4.69, 9.17) is 11.6 Å². The molecule has 0 spiro atoms. The molecule has 1 aromatic carbocycles. The summed E-state index contributed by atoms with van der Waals surface area (Å²) in [5.41, 5.74) is 0.776. The summed E-state index contributed by atoms with van der Waals surface area (Å²) in [4.78, 5) is 0. The minimum atomic E-state index is 0.489. The van der Waals surface area contributed by atoms with Crippen LogP contribution in [0.2, 0.25) is 5.02 Å². The van der Waals surface area contributed by atoms with E-state index >= 15 is 0 Å². The molecule has 1 fully saturated rings. The maximum atomic E-state index is 6.12. The van der Waals surface area contributed by atoms with Crippen LogP contribution in [0.5, 0.6) is 0 Å². The lowest BCUT2D eigenvalue weighted by Gasteiger charge is -2.20. The highest BCUT2D eigenvalue weighted by molar-refractivity contribution is 6.33. The van der Waals surface area contributed by atoms with E-state index in [-0.39, 0.29) is 0 Å². The van der Waals surface area contributed by atoms with Gasteiger partial charge in [0.1, 0.15) is 0 Å².